The Labute approximate surface area is 107 Å². The summed E-state index contributed by atoms with van der Waals surface area (Å²) in [5.41, 5.74) is 0.0313. The van der Waals surface area contributed by atoms with Gasteiger partial charge >= 0.3 is 0 Å². The highest BCUT2D eigenvalue weighted by atomic mass is 19.1. The number of halogens is 2. The number of nitrogens with one attached hydrogen (secondary N) is 1. The molecule has 0 bridgehead atoms. The van der Waals surface area contributed by atoms with Crippen molar-refractivity contribution in [3.8, 4) is 0 Å². The van der Waals surface area contributed by atoms with Crippen LogP contribution in [0, 0.1) is 17.0 Å². The number of aliphatic hydroxyl groups excluding tert-OH is 1. The lowest BCUT2D eigenvalue weighted by atomic mass is 9.88. The van der Waals surface area contributed by atoms with Crippen LogP contribution in [0.25, 0.3) is 0 Å². The molecule has 0 fully saturated rings. The van der Waals surface area contributed by atoms with Gasteiger partial charge in [0.2, 0.25) is 0 Å². The van der Waals surface area contributed by atoms with Crippen LogP contribution in [-0.2, 0) is 0 Å². The van der Waals surface area contributed by atoms with Crippen LogP contribution in [0.5, 0.6) is 0 Å². The Morgan fingerprint density at radius 2 is 1.89 bits per heavy atom. The molecule has 4 heteroatoms. The molecule has 0 heterocycles. The van der Waals surface area contributed by atoms with Crippen molar-refractivity contribution in [2.45, 2.75) is 39.8 Å². The number of benzene rings is 1. The van der Waals surface area contributed by atoms with E-state index in [0.29, 0.717) is 0 Å². The van der Waals surface area contributed by atoms with E-state index in [0.717, 1.165) is 18.2 Å². The molecule has 1 aromatic rings. The first-order valence-corrected chi connectivity index (χ1v) is 6.08. The van der Waals surface area contributed by atoms with Gasteiger partial charge in [0.25, 0.3) is 0 Å². The topological polar surface area (TPSA) is 32.3 Å². The van der Waals surface area contributed by atoms with Gasteiger partial charge in [0.05, 0.1) is 6.10 Å². The molecule has 0 radical (unpaired) electrons. The monoisotopic (exact) mass is 257 g/mol. The molecule has 2 unspecified atom stereocenters. The van der Waals surface area contributed by atoms with E-state index in [1.54, 1.807) is 0 Å². The highest BCUT2D eigenvalue weighted by Crippen LogP contribution is 2.21. The number of hydrogen-bond acceptors (Lipinski definition) is 2. The Morgan fingerprint density at radius 3 is 2.44 bits per heavy atom. The number of rotatable bonds is 4. The molecule has 0 amide bonds. The zero-order chi connectivity index (χ0) is 13.9. The zero-order valence-electron chi connectivity index (χ0n) is 11.3. The molecular weight excluding hydrogens is 236 g/mol. The molecule has 2 N–H and O–H groups in total. The molecule has 0 saturated carbocycles. The van der Waals surface area contributed by atoms with Crippen molar-refractivity contribution in [3.05, 3.63) is 35.4 Å². The molecule has 0 saturated heterocycles. The maximum atomic E-state index is 13.4. The minimum Gasteiger partial charge on any atom is -0.387 e. The van der Waals surface area contributed by atoms with Gasteiger partial charge in [0.15, 0.2) is 0 Å². The Morgan fingerprint density at radius 1 is 1.28 bits per heavy atom. The predicted octanol–water partition coefficient (Wildman–Crippen LogP) is 3.02. The van der Waals surface area contributed by atoms with Gasteiger partial charge < -0.3 is 10.4 Å². The van der Waals surface area contributed by atoms with Crippen molar-refractivity contribution >= 4 is 0 Å². The molecule has 2 nitrogen and oxygen atoms in total. The van der Waals surface area contributed by atoms with Gasteiger partial charge in [-0.25, -0.2) is 8.78 Å². The van der Waals surface area contributed by atoms with Crippen molar-refractivity contribution in [2.75, 3.05) is 6.54 Å². The van der Waals surface area contributed by atoms with E-state index >= 15 is 0 Å². The first-order valence-electron chi connectivity index (χ1n) is 6.08. The van der Waals surface area contributed by atoms with Gasteiger partial charge in [-0.1, -0.05) is 20.8 Å². The average molecular weight is 257 g/mol. The van der Waals surface area contributed by atoms with Crippen molar-refractivity contribution in [1.82, 2.24) is 5.32 Å². The third-order valence-corrected chi connectivity index (χ3v) is 3.23. The van der Waals surface area contributed by atoms with Crippen molar-refractivity contribution in [2.24, 2.45) is 5.41 Å². The average Bonchev–Trinajstić information content (AvgIpc) is 2.27. The number of aliphatic hydroxyl groups is 1. The van der Waals surface area contributed by atoms with E-state index in [2.05, 4.69) is 26.1 Å². The highest BCUT2D eigenvalue weighted by Gasteiger charge is 2.21. The standard InChI is InChI=1S/C14H21F2NO/c1-9(14(2,3)4)17-8-13(18)11-7-10(15)5-6-12(11)16/h5-7,9,13,17-18H,8H2,1-4H3. The first kappa shape index (κ1) is 15.1. The summed E-state index contributed by atoms with van der Waals surface area (Å²) in [4.78, 5) is 0. The predicted molar refractivity (Wildman–Crippen MR) is 68.2 cm³/mol. The van der Waals surface area contributed by atoms with Crippen LogP contribution < -0.4 is 5.32 Å². The molecule has 0 aliphatic heterocycles. The quantitative estimate of drug-likeness (QED) is 0.869. The second kappa shape index (κ2) is 5.76. The fourth-order valence-corrected chi connectivity index (χ4v) is 1.47. The van der Waals surface area contributed by atoms with E-state index in [4.69, 9.17) is 0 Å². The van der Waals surface area contributed by atoms with Crippen LogP contribution in [0.3, 0.4) is 0 Å². The Bertz CT molecular complexity index is 401. The summed E-state index contributed by atoms with van der Waals surface area (Å²) in [6, 6.07) is 3.25. The molecule has 1 rings (SSSR count). The van der Waals surface area contributed by atoms with Crippen LogP contribution in [0.15, 0.2) is 18.2 Å². The van der Waals surface area contributed by atoms with Gasteiger partial charge in [0, 0.05) is 18.2 Å². The third kappa shape index (κ3) is 4.03. The maximum Gasteiger partial charge on any atom is 0.129 e. The Hall–Kier alpha value is -1.00. The normalized spacial score (nSPS) is 15.5. The summed E-state index contributed by atoms with van der Waals surface area (Å²) in [6.45, 7) is 8.40. The minimum absolute atomic E-state index is 0.0105. The van der Waals surface area contributed by atoms with Crippen LogP contribution in [-0.4, -0.2) is 17.7 Å². The van der Waals surface area contributed by atoms with E-state index in [1.165, 1.54) is 0 Å². The molecular formula is C14H21F2NO. The van der Waals surface area contributed by atoms with E-state index in [-0.39, 0.29) is 23.6 Å². The minimum atomic E-state index is -1.05. The molecule has 102 valence electrons. The molecule has 1 aromatic carbocycles. The molecule has 0 aliphatic rings. The number of hydrogen-bond donors (Lipinski definition) is 2. The van der Waals surface area contributed by atoms with Gasteiger partial charge in [-0.2, -0.15) is 0 Å². The molecule has 2 atom stereocenters. The summed E-state index contributed by atoms with van der Waals surface area (Å²) >= 11 is 0. The van der Waals surface area contributed by atoms with Gasteiger partial charge in [-0.3, -0.25) is 0 Å². The Kier molecular flexibility index (Phi) is 4.82. The van der Waals surface area contributed by atoms with E-state index in [1.807, 2.05) is 6.92 Å². The smallest absolute Gasteiger partial charge is 0.129 e. The maximum absolute atomic E-state index is 13.4. The lowest BCUT2D eigenvalue weighted by molar-refractivity contribution is 0.153. The van der Waals surface area contributed by atoms with Crippen molar-refractivity contribution in [3.63, 3.8) is 0 Å². The highest BCUT2D eigenvalue weighted by molar-refractivity contribution is 5.21. The van der Waals surface area contributed by atoms with Crippen LogP contribution in [0.1, 0.15) is 39.4 Å². The summed E-state index contributed by atoms with van der Waals surface area (Å²) in [6.07, 6.45) is -1.05. The lowest BCUT2D eigenvalue weighted by Gasteiger charge is -2.29. The summed E-state index contributed by atoms with van der Waals surface area (Å²) in [7, 11) is 0. The van der Waals surface area contributed by atoms with Crippen molar-refractivity contribution < 1.29 is 13.9 Å². The van der Waals surface area contributed by atoms with Gasteiger partial charge in [-0.15, -0.1) is 0 Å². The van der Waals surface area contributed by atoms with E-state index < -0.39 is 17.7 Å². The summed E-state index contributed by atoms with van der Waals surface area (Å²) in [5.74, 6) is -1.14. The van der Waals surface area contributed by atoms with E-state index in [9.17, 15) is 13.9 Å². The van der Waals surface area contributed by atoms with Crippen LogP contribution >= 0.6 is 0 Å². The molecule has 18 heavy (non-hydrogen) atoms. The fourth-order valence-electron chi connectivity index (χ4n) is 1.47. The largest absolute Gasteiger partial charge is 0.387 e. The summed E-state index contributed by atoms with van der Waals surface area (Å²) in [5, 5.41) is 13.0. The fraction of sp³-hybridized carbons (Fsp3) is 0.571. The van der Waals surface area contributed by atoms with Gasteiger partial charge in [0.1, 0.15) is 11.6 Å². The van der Waals surface area contributed by atoms with Crippen LogP contribution in [0.4, 0.5) is 8.78 Å². The molecule has 0 aromatic heterocycles. The second-order valence-corrected chi connectivity index (χ2v) is 5.68. The van der Waals surface area contributed by atoms with Crippen molar-refractivity contribution in [1.29, 1.82) is 0 Å². The lowest BCUT2D eigenvalue weighted by Crippen LogP contribution is -2.39. The molecule has 0 spiro atoms. The van der Waals surface area contributed by atoms with Crippen LogP contribution in [0.2, 0.25) is 0 Å². The SMILES string of the molecule is CC(NCC(O)c1cc(F)ccc1F)C(C)(C)C. The molecule has 0 aliphatic carbocycles. The third-order valence-electron chi connectivity index (χ3n) is 3.23. The second-order valence-electron chi connectivity index (χ2n) is 5.68. The van der Waals surface area contributed by atoms with Gasteiger partial charge in [-0.05, 0) is 30.5 Å². The zero-order valence-corrected chi connectivity index (χ0v) is 11.3. The Balaban J connectivity index is 2.66. The summed E-state index contributed by atoms with van der Waals surface area (Å²) < 4.78 is 26.4. The first-order chi connectivity index (χ1) is 8.21.